The summed E-state index contributed by atoms with van der Waals surface area (Å²) in [6, 6.07) is 3.45. The highest BCUT2D eigenvalue weighted by atomic mass is 79.9. The van der Waals surface area contributed by atoms with Crippen LogP contribution >= 0.6 is 27.5 Å². The third kappa shape index (κ3) is 2.15. The zero-order chi connectivity index (χ0) is 11.9. The van der Waals surface area contributed by atoms with E-state index in [4.69, 9.17) is 11.6 Å². The van der Waals surface area contributed by atoms with E-state index in [1.807, 2.05) is 0 Å². The lowest BCUT2D eigenvalue weighted by atomic mass is 10.1. The number of hydrogen-bond acceptors (Lipinski definition) is 1. The maximum Gasteiger partial charge on any atom is 0.416 e. The lowest BCUT2D eigenvalue weighted by Gasteiger charge is -2.09. The summed E-state index contributed by atoms with van der Waals surface area (Å²) in [6.45, 7) is 0. The first kappa shape index (κ1) is 11.7. The van der Waals surface area contributed by atoms with E-state index in [1.165, 1.54) is 6.20 Å². The second-order valence-electron chi connectivity index (χ2n) is 3.18. The van der Waals surface area contributed by atoms with E-state index in [2.05, 4.69) is 20.9 Å². The fraction of sp³-hybridized carbons (Fsp3) is 0.100. The third-order valence-corrected chi connectivity index (χ3v) is 2.75. The summed E-state index contributed by atoms with van der Waals surface area (Å²) >= 11 is 8.89. The maximum absolute atomic E-state index is 12.5. The number of hydrogen-bond donors (Lipinski definition) is 0. The van der Waals surface area contributed by atoms with Crippen molar-refractivity contribution in [3.8, 4) is 0 Å². The molecule has 2 rings (SSSR count). The second-order valence-corrected chi connectivity index (χ2v) is 4.50. The molecular weight excluding hydrogens is 306 g/mol. The molecule has 1 heterocycles. The normalized spacial score (nSPS) is 12.1. The molecule has 0 aliphatic heterocycles. The highest BCUT2D eigenvalue weighted by Crippen LogP contribution is 2.34. The summed E-state index contributed by atoms with van der Waals surface area (Å²) in [5.74, 6) is 0. The summed E-state index contributed by atoms with van der Waals surface area (Å²) in [6.07, 6.45) is -2.92. The minimum atomic E-state index is -4.40. The van der Waals surface area contributed by atoms with Crippen molar-refractivity contribution in [1.29, 1.82) is 0 Å². The Kier molecular flexibility index (Phi) is 2.84. The second kappa shape index (κ2) is 3.89. The van der Waals surface area contributed by atoms with Gasteiger partial charge in [-0.25, -0.2) is 0 Å². The van der Waals surface area contributed by atoms with Gasteiger partial charge in [-0.15, -0.1) is 0 Å². The molecule has 1 aromatic carbocycles. The van der Waals surface area contributed by atoms with Crippen LogP contribution in [0.3, 0.4) is 0 Å². The number of pyridine rings is 1. The van der Waals surface area contributed by atoms with Crippen molar-refractivity contribution >= 4 is 38.4 Å². The Morgan fingerprint density at radius 3 is 2.50 bits per heavy atom. The van der Waals surface area contributed by atoms with Crippen LogP contribution in [-0.4, -0.2) is 4.98 Å². The molecule has 0 bridgehead atoms. The van der Waals surface area contributed by atoms with Crippen LogP contribution in [0, 0.1) is 0 Å². The summed E-state index contributed by atoms with van der Waals surface area (Å²) < 4.78 is 38.1. The monoisotopic (exact) mass is 309 g/mol. The molecule has 2 aromatic rings. The van der Waals surface area contributed by atoms with Crippen LogP contribution in [0.25, 0.3) is 10.9 Å². The first-order valence-electron chi connectivity index (χ1n) is 4.20. The van der Waals surface area contributed by atoms with Gasteiger partial charge in [-0.05, 0) is 34.1 Å². The van der Waals surface area contributed by atoms with Crippen molar-refractivity contribution in [3.05, 3.63) is 39.5 Å². The molecule has 0 radical (unpaired) electrons. The van der Waals surface area contributed by atoms with Gasteiger partial charge in [0.15, 0.2) is 0 Å². The fourth-order valence-electron chi connectivity index (χ4n) is 1.34. The molecule has 84 valence electrons. The number of aromatic nitrogens is 1. The lowest BCUT2D eigenvalue weighted by molar-refractivity contribution is -0.137. The Morgan fingerprint density at radius 1 is 1.19 bits per heavy atom. The highest BCUT2D eigenvalue weighted by Gasteiger charge is 2.31. The average Bonchev–Trinajstić information content (AvgIpc) is 2.15. The smallest absolute Gasteiger partial charge is 0.254 e. The van der Waals surface area contributed by atoms with Gasteiger partial charge < -0.3 is 0 Å². The molecule has 0 saturated carbocycles. The number of halogens is 5. The quantitative estimate of drug-likeness (QED) is 0.689. The Balaban J connectivity index is 2.75. The van der Waals surface area contributed by atoms with Gasteiger partial charge in [0.1, 0.15) is 0 Å². The van der Waals surface area contributed by atoms with Crippen molar-refractivity contribution in [3.63, 3.8) is 0 Å². The highest BCUT2D eigenvalue weighted by molar-refractivity contribution is 9.10. The van der Waals surface area contributed by atoms with Crippen LogP contribution in [0.1, 0.15) is 5.56 Å². The Labute approximate surface area is 102 Å². The van der Waals surface area contributed by atoms with Gasteiger partial charge in [0.2, 0.25) is 0 Å². The molecule has 0 spiro atoms. The molecule has 0 N–H and O–H groups in total. The molecule has 0 unspecified atom stereocenters. The van der Waals surface area contributed by atoms with Gasteiger partial charge in [-0.1, -0.05) is 11.6 Å². The number of fused-ring (bicyclic) bond motifs is 1. The SMILES string of the molecule is FC(F)(F)c1cc(Cl)c2ncc(Br)cc2c1. The minimum Gasteiger partial charge on any atom is -0.254 e. The van der Waals surface area contributed by atoms with Crippen LogP contribution < -0.4 is 0 Å². The van der Waals surface area contributed by atoms with Crippen molar-refractivity contribution in [1.82, 2.24) is 4.98 Å². The molecule has 6 heteroatoms. The summed E-state index contributed by atoms with van der Waals surface area (Å²) in [5.41, 5.74) is -0.414. The third-order valence-electron chi connectivity index (χ3n) is 2.03. The molecular formula is C10H4BrClF3N. The molecule has 16 heavy (non-hydrogen) atoms. The molecule has 1 aromatic heterocycles. The predicted molar refractivity (Wildman–Crippen MR) is 59.5 cm³/mol. The van der Waals surface area contributed by atoms with Gasteiger partial charge in [-0.3, -0.25) is 4.98 Å². The molecule has 0 aliphatic rings. The standard InChI is InChI=1S/C10H4BrClF3N/c11-7-2-5-1-6(10(13,14)15)3-8(12)9(5)16-4-7/h1-4H. The van der Waals surface area contributed by atoms with E-state index in [0.717, 1.165) is 12.1 Å². The maximum atomic E-state index is 12.5. The van der Waals surface area contributed by atoms with Gasteiger partial charge in [-0.2, -0.15) is 13.2 Å². The molecule has 0 aliphatic carbocycles. The summed E-state index contributed by atoms with van der Waals surface area (Å²) in [5, 5.41) is 0.353. The van der Waals surface area contributed by atoms with E-state index < -0.39 is 11.7 Å². The molecule has 0 amide bonds. The van der Waals surface area contributed by atoms with E-state index in [9.17, 15) is 13.2 Å². The van der Waals surface area contributed by atoms with Gasteiger partial charge >= 0.3 is 6.18 Å². The summed E-state index contributed by atoms with van der Waals surface area (Å²) in [7, 11) is 0. The zero-order valence-electron chi connectivity index (χ0n) is 7.65. The van der Waals surface area contributed by atoms with Gasteiger partial charge in [0.05, 0.1) is 16.1 Å². The average molecular weight is 311 g/mol. The molecule has 0 fully saturated rings. The van der Waals surface area contributed by atoms with E-state index in [-0.39, 0.29) is 5.02 Å². The molecule has 0 atom stereocenters. The Hall–Kier alpha value is -0.810. The van der Waals surface area contributed by atoms with E-state index >= 15 is 0 Å². The van der Waals surface area contributed by atoms with Crippen molar-refractivity contribution in [2.45, 2.75) is 6.18 Å². The molecule has 1 nitrogen and oxygen atoms in total. The van der Waals surface area contributed by atoms with E-state index in [1.54, 1.807) is 6.07 Å². The first-order chi connectivity index (χ1) is 7.38. The zero-order valence-corrected chi connectivity index (χ0v) is 9.99. The van der Waals surface area contributed by atoms with Gasteiger partial charge in [0, 0.05) is 16.1 Å². The molecule has 0 saturated heterocycles. The van der Waals surface area contributed by atoms with Crippen molar-refractivity contribution in [2.75, 3.05) is 0 Å². The lowest BCUT2D eigenvalue weighted by Crippen LogP contribution is -2.04. The van der Waals surface area contributed by atoms with Crippen LogP contribution in [-0.2, 0) is 6.18 Å². The number of nitrogens with zero attached hydrogens (tertiary/aromatic N) is 1. The Bertz CT molecular complexity index is 553. The van der Waals surface area contributed by atoms with E-state index in [0.29, 0.717) is 15.4 Å². The first-order valence-corrected chi connectivity index (χ1v) is 5.37. The summed E-state index contributed by atoms with van der Waals surface area (Å²) in [4.78, 5) is 3.96. The predicted octanol–water partition coefficient (Wildman–Crippen LogP) is 4.67. The van der Waals surface area contributed by atoms with Crippen LogP contribution in [0.2, 0.25) is 5.02 Å². The van der Waals surface area contributed by atoms with Crippen molar-refractivity contribution in [2.24, 2.45) is 0 Å². The number of benzene rings is 1. The van der Waals surface area contributed by atoms with Crippen LogP contribution in [0.4, 0.5) is 13.2 Å². The van der Waals surface area contributed by atoms with Crippen LogP contribution in [0.15, 0.2) is 28.9 Å². The topological polar surface area (TPSA) is 12.9 Å². The largest absolute Gasteiger partial charge is 0.416 e. The minimum absolute atomic E-state index is 0.00248. The number of alkyl halides is 3. The fourth-order valence-corrected chi connectivity index (χ4v) is 1.97. The van der Waals surface area contributed by atoms with Crippen molar-refractivity contribution < 1.29 is 13.2 Å². The Morgan fingerprint density at radius 2 is 1.88 bits per heavy atom. The van der Waals surface area contributed by atoms with Crippen LogP contribution in [0.5, 0.6) is 0 Å². The van der Waals surface area contributed by atoms with Gasteiger partial charge in [0.25, 0.3) is 0 Å². The number of rotatable bonds is 0.